The highest BCUT2D eigenvalue weighted by Crippen LogP contribution is 2.07. The topological polar surface area (TPSA) is 0 Å². The SMILES string of the molecule is C[CH-][N+](CC)(CC)CC. The Labute approximate surface area is 59.3 Å². The lowest BCUT2D eigenvalue weighted by molar-refractivity contribution is -0.894. The second kappa shape index (κ2) is 3.89. The molecule has 0 saturated heterocycles. The van der Waals surface area contributed by atoms with Crippen molar-refractivity contribution in [1.82, 2.24) is 0 Å². The van der Waals surface area contributed by atoms with Crippen LogP contribution in [0.5, 0.6) is 0 Å². The van der Waals surface area contributed by atoms with E-state index >= 15 is 0 Å². The molecular formula is C8H19N. The third-order valence-electron chi connectivity index (χ3n) is 2.44. The summed E-state index contributed by atoms with van der Waals surface area (Å²) in [5, 5.41) is 0. The van der Waals surface area contributed by atoms with Crippen molar-refractivity contribution in [2.75, 3.05) is 19.6 Å². The summed E-state index contributed by atoms with van der Waals surface area (Å²) in [4.78, 5) is 0. The molecule has 56 valence electrons. The van der Waals surface area contributed by atoms with Crippen LogP contribution in [0.25, 0.3) is 0 Å². The van der Waals surface area contributed by atoms with Gasteiger partial charge in [0.05, 0.1) is 19.6 Å². The second-order valence-electron chi connectivity index (χ2n) is 2.43. The lowest BCUT2D eigenvalue weighted by Gasteiger charge is -2.44. The first kappa shape index (κ1) is 8.96. The molecule has 0 N–H and O–H groups in total. The summed E-state index contributed by atoms with van der Waals surface area (Å²) >= 11 is 0. The summed E-state index contributed by atoms with van der Waals surface area (Å²) < 4.78 is 1.15. The lowest BCUT2D eigenvalue weighted by Crippen LogP contribution is -2.43. The van der Waals surface area contributed by atoms with Crippen molar-refractivity contribution in [3.05, 3.63) is 6.54 Å². The van der Waals surface area contributed by atoms with Crippen molar-refractivity contribution in [2.24, 2.45) is 0 Å². The summed E-state index contributed by atoms with van der Waals surface area (Å²) in [6, 6.07) is 0. The molecule has 0 saturated carbocycles. The predicted molar refractivity (Wildman–Crippen MR) is 41.9 cm³/mol. The molecule has 0 heterocycles. The molecule has 0 aromatic heterocycles. The van der Waals surface area contributed by atoms with Crippen LogP contribution in [0.15, 0.2) is 0 Å². The van der Waals surface area contributed by atoms with Gasteiger partial charge in [0.2, 0.25) is 0 Å². The number of hydrogen-bond acceptors (Lipinski definition) is 0. The van der Waals surface area contributed by atoms with Gasteiger partial charge in [0.1, 0.15) is 0 Å². The maximum Gasteiger partial charge on any atom is 0.0518 e. The first-order valence-corrected chi connectivity index (χ1v) is 3.91. The number of hydrogen-bond donors (Lipinski definition) is 0. The van der Waals surface area contributed by atoms with Gasteiger partial charge >= 0.3 is 0 Å². The maximum atomic E-state index is 2.29. The first-order valence-electron chi connectivity index (χ1n) is 3.91. The standard InChI is InChI=1S/C8H19N/c1-5-9(6-2,7-3)8-4/h5H,6-8H2,1-4H3. The van der Waals surface area contributed by atoms with Crippen LogP contribution in [-0.4, -0.2) is 24.1 Å². The summed E-state index contributed by atoms with van der Waals surface area (Å²) in [7, 11) is 0. The van der Waals surface area contributed by atoms with Crippen LogP contribution in [-0.2, 0) is 0 Å². The highest BCUT2D eigenvalue weighted by Gasteiger charge is 2.07. The average Bonchev–Trinajstić information content (AvgIpc) is 1.95. The third-order valence-corrected chi connectivity index (χ3v) is 2.44. The Kier molecular flexibility index (Phi) is 3.87. The second-order valence-corrected chi connectivity index (χ2v) is 2.43. The Morgan fingerprint density at radius 2 is 1.33 bits per heavy atom. The van der Waals surface area contributed by atoms with Crippen LogP contribution in [0.3, 0.4) is 0 Å². The average molecular weight is 129 g/mol. The normalized spacial score (nSPS) is 12.0. The van der Waals surface area contributed by atoms with E-state index in [1.165, 1.54) is 19.6 Å². The van der Waals surface area contributed by atoms with Gasteiger partial charge in [-0.3, -0.25) is 0 Å². The molecule has 0 aliphatic heterocycles. The minimum Gasteiger partial charge on any atom is -0.455 e. The lowest BCUT2D eigenvalue weighted by atomic mass is 10.3. The van der Waals surface area contributed by atoms with E-state index in [0.717, 1.165) is 4.48 Å². The predicted octanol–water partition coefficient (Wildman–Crippen LogP) is 2.04. The minimum atomic E-state index is 1.15. The highest BCUT2D eigenvalue weighted by atomic mass is 15.3. The van der Waals surface area contributed by atoms with Gasteiger partial charge < -0.3 is 4.48 Å². The van der Waals surface area contributed by atoms with E-state index in [0.29, 0.717) is 0 Å². The molecule has 9 heavy (non-hydrogen) atoms. The van der Waals surface area contributed by atoms with E-state index in [2.05, 4.69) is 34.2 Å². The number of nitrogens with zero attached hydrogens (tertiary/aromatic N) is 1. The van der Waals surface area contributed by atoms with Crippen molar-refractivity contribution in [1.29, 1.82) is 0 Å². The molecule has 0 unspecified atom stereocenters. The van der Waals surface area contributed by atoms with Crippen LogP contribution in [0.2, 0.25) is 0 Å². The third kappa shape index (κ3) is 1.98. The summed E-state index contributed by atoms with van der Waals surface area (Å²) in [5.74, 6) is 0. The van der Waals surface area contributed by atoms with Crippen LogP contribution in [0.1, 0.15) is 27.7 Å². The van der Waals surface area contributed by atoms with Gasteiger partial charge in [0.15, 0.2) is 0 Å². The van der Waals surface area contributed by atoms with Gasteiger partial charge in [-0.1, -0.05) is 0 Å². The molecule has 0 aromatic rings. The zero-order chi connectivity index (χ0) is 7.33. The molecule has 0 amide bonds. The Balaban J connectivity index is 3.82. The zero-order valence-electron chi connectivity index (χ0n) is 7.15. The summed E-state index contributed by atoms with van der Waals surface area (Å²) in [6.07, 6.45) is 0. The molecule has 0 aliphatic rings. The maximum absolute atomic E-state index is 2.29. The van der Waals surface area contributed by atoms with E-state index < -0.39 is 0 Å². The molecule has 0 fully saturated rings. The minimum absolute atomic E-state index is 1.15. The van der Waals surface area contributed by atoms with Crippen LogP contribution >= 0.6 is 0 Å². The fourth-order valence-corrected chi connectivity index (χ4v) is 1.22. The largest absolute Gasteiger partial charge is 0.455 e. The van der Waals surface area contributed by atoms with Crippen molar-refractivity contribution < 1.29 is 4.48 Å². The fourth-order valence-electron chi connectivity index (χ4n) is 1.22. The van der Waals surface area contributed by atoms with Gasteiger partial charge in [0.25, 0.3) is 0 Å². The smallest absolute Gasteiger partial charge is 0.0518 e. The Morgan fingerprint density at radius 3 is 1.33 bits per heavy atom. The van der Waals surface area contributed by atoms with E-state index in [1.54, 1.807) is 0 Å². The van der Waals surface area contributed by atoms with Gasteiger partial charge in [-0.05, 0) is 20.8 Å². The molecular weight excluding hydrogens is 110 g/mol. The number of quaternary nitrogens is 1. The van der Waals surface area contributed by atoms with Crippen LogP contribution < -0.4 is 0 Å². The van der Waals surface area contributed by atoms with Crippen molar-refractivity contribution in [3.63, 3.8) is 0 Å². The van der Waals surface area contributed by atoms with E-state index in [1.807, 2.05) is 0 Å². The van der Waals surface area contributed by atoms with Gasteiger partial charge in [-0.2, -0.15) is 0 Å². The Hall–Kier alpha value is -0.0400. The summed E-state index contributed by atoms with van der Waals surface area (Å²) in [6.45, 7) is 14.8. The quantitative estimate of drug-likeness (QED) is 0.402. The van der Waals surface area contributed by atoms with Crippen LogP contribution in [0, 0.1) is 6.54 Å². The zero-order valence-corrected chi connectivity index (χ0v) is 7.15. The molecule has 1 heteroatoms. The molecule has 0 bridgehead atoms. The highest BCUT2D eigenvalue weighted by molar-refractivity contribution is 4.42. The molecule has 0 spiro atoms. The Morgan fingerprint density at radius 1 is 1.00 bits per heavy atom. The Bertz CT molecular complexity index is 47.5. The summed E-state index contributed by atoms with van der Waals surface area (Å²) in [5.41, 5.74) is 0. The van der Waals surface area contributed by atoms with E-state index in [4.69, 9.17) is 0 Å². The van der Waals surface area contributed by atoms with Crippen LogP contribution in [0.4, 0.5) is 0 Å². The van der Waals surface area contributed by atoms with Crippen molar-refractivity contribution in [3.8, 4) is 0 Å². The first-order chi connectivity index (χ1) is 4.24. The van der Waals surface area contributed by atoms with Crippen molar-refractivity contribution in [2.45, 2.75) is 27.7 Å². The molecule has 1 nitrogen and oxygen atoms in total. The van der Waals surface area contributed by atoms with Gasteiger partial charge in [-0.15, -0.1) is 13.5 Å². The molecule has 0 aromatic carbocycles. The molecule has 0 radical (unpaired) electrons. The van der Waals surface area contributed by atoms with Crippen molar-refractivity contribution >= 4 is 0 Å². The number of rotatable bonds is 4. The van der Waals surface area contributed by atoms with E-state index in [9.17, 15) is 0 Å². The monoisotopic (exact) mass is 129 g/mol. The fraction of sp³-hybridized carbons (Fsp3) is 0.875. The molecule has 0 aliphatic carbocycles. The molecule has 0 atom stereocenters. The molecule has 0 rings (SSSR count). The van der Waals surface area contributed by atoms with E-state index in [-0.39, 0.29) is 0 Å². The van der Waals surface area contributed by atoms with Gasteiger partial charge in [-0.25, -0.2) is 0 Å². The van der Waals surface area contributed by atoms with Gasteiger partial charge in [0, 0.05) is 0 Å².